The highest BCUT2D eigenvalue weighted by atomic mass is 16.5. The summed E-state index contributed by atoms with van der Waals surface area (Å²) in [6.07, 6.45) is 6.17. The molecule has 3 rings (SSSR count). The molecular formula is C16H12N2O2. The summed E-state index contributed by atoms with van der Waals surface area (Å²) in [5, 5.41) is 0. The van der Waals surface area contributed by atoms with Crippen LogP contribution in [0.2, 0.25) is 0 Å². The molecule has 20 heavy (non-hydrogen) atoms. The summed E-state index contributed by atoms with van der Waals surface area (Å²) in [4.78, 5) is 14.6. The largest absolute Gasteiger partial charge is 0.457 e. The molecule has 0 fully saturated rings. The highest BCUT2D eigenvalue weighted by molar-refractivity contribution is 5.74. The molecule has 4 heteroatoms. The van der Waals surface area contributed by atoms with Gasteiger partial charge >= 0.3 is 0 Å². The second-order valence-electron chi connectivity index (χ2n) is 4.25. The van der Waals surface area contributed by atoms with E-state index in [4.69, 9.17) is 4.74 Å². The van der Waals surface area contributed by atoms with Crippen LogP contribution in [0.15, 0.2) is 67.3 Å². The molecule has 98 valence electrons. The lowest BCUT2D eigenvalue weighted by Gasteiger charge is -2.07. The molecule has 0 amide bonds. The van der Waals surface area contributed by atoms with Crippen molar-refractivity contribution in [1.82, 2.24) is 9.55 Å². The van der Waals surface area contributed by atoms with Crippen molar-refractivity contribution >= 4 is 6.29 Å². The topological polar surface area (TPSA) is 44.1 Å². The number of nitrogens with zero attached hydrogens (tertiary/aromatic N) is 2. The molecule has 0 unspecified atom stereocenters. The van der Waals surface area contributed by atoms with Crippen LogP contribution < -0.4 is 4.74 Å². The molecule has 1 aromatic heterocycles. The maximum absolute atomic E-state index is 10.6. The third kappa shape index (κ3) is 2.59. The highest BCUT2D eigenvalue weighted by Crippen LogP contribution is 2.22. The zero-order valence-corrected chi connectivity index (χ0v) is 10.6. The molecule has 0 aliphatic carbocycles. The molecule has 0 saturated heterocycles. The SMILES string of the molecule is O=Cc1ccc(Oc2ccc(-n3ccnc3)cc2)cc1. The van der Waals surface area contributed by atoms with Gasteiger partial charge in [0.2, 0.25) is 0 Å². The van der Waals surface area contributed by atoms with Crippen molar-refractivity contribution < 1.29 is 9.53 Å². The first-order chi connectivity index (χ1) is 9.85. The standard InChI is InChI=1S/C16H12N2O2/c19-11-13-1-5-15(6-2-13)20-16-7-3-14(4-8-16)18-10-9-17-12-18/h1-12H. The molecule has 1 heterocycles. The first-order valence-electron chi connectivity index (χ1n) is 6.17. The van der Waals surface area contributed by atoms with Crippen LogP contribution >= 0.6 is 0 Å². The molecule has 0 N–H and O–H groups in total. The summed E-state index contributed by atoms with van der Waals surface area (Å²) in [7, 11) is 0. The van der Waals surface area contributed by atoms with E-state index in [1.54, 1.807) is 36.8 Å². The Morgan fingerprint density at radius 3 is 2.15 bits per heavy atom. The van der Waals surface area contributed by atoms with Crippen molar-refractivity contribution in [3.8, 4) is 17.2 Å². The first kappa shape index (κ1) is 12.2. The zero-order chi connectivity index (χ0) is 13.8. The lowest BCUT2D eigenvalue weighted by molar-refractivity contribution is 0.112. The third-order valence-electron chi connectivity index (χ3n) is 2.89. The normalized spacial score (nSPS) is 10.2. The van der Waals surface area contributed by atoms with E-state index in [2.05, 4.69) is 4.98 Å². The number of rotatable bonds is 4. The van der Waals surface area contributed by atoms with Gasteiger partial charge in [0, 0.05) is 23.6 Å². The van der Waals surface area contributed by atoms with E-state index in [1.807, 2.05) is 35.0 Å². The van der Waals surface area contributed by atoms with Gasteiger partial charge in [-0.05, 0) is 48.5 Å². The van der Waals surface area contributed by atoms with E-state index in [9.17, 15) is 4.79 Å². The van der Waals surface area contributed by atoms with Gasteiger partial charge in [-0.1, -0.05) is 0 Å². The van der Waals surface area contributed by atoms with Gasteiger partial charge in [0.25, 0.3) is 0 Å². The summed E-state index contributed by atoms with van der Waals surface area (Å²) in [6, 6.07) is 14.7. The second-order valence-corrected chi connectivity index (χ2v) is 4.25. The lowest BCUT2D eigenvalue weighted by Crippen LogP contribution is -1.90. The fraction of sp³-hybridized carbons (Fsp3) is 0. The molecular weight excluding hydrogens is 252 g/mol. The Morgan fingerprint density at radius 1 is 0.950 bits per heavy atom. The minimum absolute atomic E-state index is 0.632. The summed E-state index contributed by atoms with van der Waals surface area (Å²) in [6.45, 7) is 0. The molecule has 0 aliphatic rings. The third-order valence-corrected chi connectivity index (χ3v) is 2.89. The van der Waals surface area contributed by atoms with Gasteiger partial charge in [-0.15, -0.1) is 0 Å². The number of hydrogen-bond acceptors (Lipinski definition) is 3. The van der Waals surface area contributed by atoms with Crippen LogP contribution in [0.1, 0.15) is 10.4 Å². The van der Waals surface area contributed by atoms with Crippen molar-refractivity contribution in [1.29, 1.82) is 0 Å². The van der Waals surface area contributed by atoms with Gasteiger partial charge in [0.1, 0.15) is 17.8 Å². The predicted molar refractivity (Wildman–Crippen MR) is 75.5 cm³/mol. The second kappa shape index (κ2) is 5.40. The maximum atomic E-state index is 10.6. The van der Waals surface area contributed by atoms with Crippen LogP contribution in [0.3, 0.4) is 0 Å². The lowest BCUT2D eigenvalue weighted by atomic mass is 10.2. The molecule has 3 aromatic rings. The Balaban J connectivity index is 1.76. The number of ether oxygens (including phenoxy) is 1. The van der Waals surface area contributed by atoms with E-state index < -0.39 is 0 Å². The van der Waals surface area contributed by atoms with Crippen molar-refractivity contribution in [3.05, 3.63) is 72.8 Å². The van der Waals surface area contributed by atoms with Gasteiger partial charge in [-0.25, -0.2) is 4.98 Å². The summed E-state index contributed by atoms with van der Waals surface area (Å²) >= 11 is 0. The van der Waals surface area contributed by atoms with E-state index in [-0.39, 0.29) is 0 Å². The average molecular weight is 264 g/mol. The molecule has 0 aliphatic heterocycles. The molecule has 0 bridgehead atoms. The first-order valence-corrected chi connectivity index (χ1v) is 6.17. The van der Waals surface area contributed by atoms with Gasteiger partial charge in [-0.3, -0.25) is 4.79 Å². The van der Waals surface area contributed by atoms with Crippen LogP contribution in [-0.4, -0.2) is 15.8 Å². The number of benzene rings is 2. The summed E-state index contributed by atoms with van der Waals surface area (Å²) < 4.78 is 7.63. The Morgan fingerprint density at radius 2 is 1.60 bits per heavy atom. The quantitative estimate of drug-likeness (QED) is 0.678. The number of imidazole rings is 1. The van der Waals surface area contributed by atoms with Gasteiger partial charge in [0.15, 0.2) is 0 Å². The average Bonchev–Trinajstić information content (AvgIpc) is 3.03. The molecule has 0 radical (unpaired) electrons. The maximum Gasteiger partial charge on any atom is 0.150 e. The van der Waals surface area contributed by atoms with Gasteiger partial charge in [-0.2, -0.15) is 0 Å². The summed E-state index contributed by atoms with van der Waals surface area (Å²) in [5.74, 6) is 1.44. The monoisotopic (exact) mass is 264 g/mol. The van der Waals surface area contributed by atoms with Gasteiger partial charge < -0.3 is 9.30 Å². The van der Waals surface area contributed by atoms with Gasteiger partial charge in [0.05, 0.1) is 6.33 Å². The minimum atomic E-state index is 0.632. The Labute approximate surface area is 116 Å². The summed E-state index contributed by atoms with van der Waals surface area (Å²) in [5.41, 5.74) is 1.65. The van der Waals surface area contributed by atoms with E-state index in [0.29, 0.717) is 11.3 Å². The van der Waals surface area contributed by atoms with E-state index >= 15 is 0 Å². The van der Waals surface area contributed by atoms with Crippen molar-refractivity contribution in [2.75, 3.05) is 0 Å². The smallest absolute Gasteiger partial charge is 0.150 e. The zero-order valence-electron chi connectivity index (χ0n) is 10.6. The molecule has 2 aromatic carbocycles. The van der Waals surface area contributed by atoms with Crippen molar-refractivity contribution in [2.24, 2.45) is 0 Å². The fourth-order valence-corrected chi connectivity index (χ4v) is 1.85. The number of carbonyl (C=O) groups excluding carboxylic acids is 1. The Kier molecular flexibility index (Phi) is 3.29. The molecule has 0 spiro atoms. The number of aldehydes is 1. The number of aromatic nitrogens is 2. The van der Waals surface area contributed by atoms with Crippen LogP contribution in [0.25, 0.3) is 5.69 Å². The van der Waals surface area contributed by atoms with Crippen molar-refractivity contribution in [3.63, 3.8) is 0 Å². The fourth-order valence-electron chi connectivity index (χ4n) is 1.85. The molecule has 0 atom stereocenters. The highest BCUT2D eigenvalue weighted by Gasteiger charge is 1.99. The Hall–Kier alpha value is -2.88. The Bertz CT molecular complexity index is 686. The number of hydrogen-bond donors (Lipinski definition) is 0. The minimum Gasteiger partial charge on any atom is -0.457 e. The predicted octanol–water partition coefficient (Wildman–Crippen LogP) is 3.48. The van der Waals surface area contributed by atoms with Crippen LogP contribution in [0.5, 0.6) is 11.5 Å². The molecule has 4 nitrogen and oxygen atoms in total. The van der Waals surface area contributed by atoms with Crippen LogP contribution in [-0.2, 0) is 0 Å². The van der Waals surface area contributed by atoms with Crippen LogP contribution in [0.4, 0.5) is 0 Å². The van der Waals surface area contributed by atoms with E-state index in [1.165, 1.54) is 0 Å². The molecule has 0 saturated carbocycles. The number of carbonyl (C=O) groups is 1. The van der Waals surface area contributed by atoms with Crippen LogP contribution in [0, 0.1) is 0 Å². The van der Waals surface area contributed by atoms with E-state index in [0.717, 1.165) is 17.7 Å². The van der Waals surface area contributed by atoms with Crippen molar-refractivity contribution in [2.45, 2.75) is 0 Å².